The zero-order chi connectivity index (χ0) is 30.8. The van der Waals surface area contributed by atoms with Gasteiger partial charge in [-0.15, -0.1) is 10.2 Å². The molecule has 0 spiro atoms. The smallest absolute Gasteiger partial charge is 0.301 e. The van der Waals surface area contributed by atoms with Gasteiger partial charge in [0.2, 0.25) is 5.13 Å². The van der Waals surface area contributed by atoms with Crippen LogP contribution in [-0.4, -0.2) is 48.3 Å². The molecule has 6 rings (SSSR count). The zero-order valence-corrected chi connectivity index (χ0v) is 25.6. The summed E-state index contributed by atoms with van der Waals surface area (Å²) in [5, 5.41) is 22.7. The van der Waals surface area contributed by atoms with Crippen LogP contribution in [0, 0.1) is 0 Å². The lowest BCUT2D eigenvalue weighted by Crippen LogP contribution is -2.29. The van der Waals surface area contributed by atoms with Crippen molar-refractivity contribution in [2.75, 3.05) is 26.2 Å². The van der Waals surface area contributed by atoms with E-state index in [4.69, 9.17) is 14.2 Å². The molecule has 0 saturated carbocycles. The number of ketones is 1. The predicted molar refractivity (Wildman–Crippen MR) is 171 cm³/mol. The van der Waals surface area contributed by atoms with Crippen molar-refractivity contribution in [1.29, 1.82) is 0 Å². The fourth-order valence-corrected chi connectivity index (χ4v) is 7.06. The first kappa shape index (κ1) is 29.2. The monoisotopic (exact) mass is 625 g/mol. The topological polar surface area (TPSA) is 111 Å². The molecule has 1 atom stereocenters. The molecular formula is C33H27N3O6S2. The fraction of sp³-hybridized carbons (Fsp3) is 0.152. The van der Waals surface area contributed by atoms with E-state index in [1.54, 1.807) is 49.6 Å². The summed E-state index contributed by atoms with van der Waals surface area (Å²) in [6.07, 6.45) is 0. The number of Topliss-reactive ketones (excluding diaryl/α,β-unsaturated/α-hetero) is 1. The number of carbonyl (C=O) groups is 2. The second kappa shape index (κ2) is 12.4. The Kier molecular flexibility index (Phi) is 8.23. The van der Waals surface area contributed by atoms with Crippen LogP contribution >= 0.6 is 23.1 Å². The number of ether oxygens (including phenoxy) is 3. The zero-order valence-electron chi connectivity index (χ0n) is 24.0. The molecule has 0 bridgehead atoms. The minimum atomic E-state index is -0.960. The number of nitrogens with zero attached hydrogens (tertiary/aromatic N) is 3. The van der Waals surface area contributed by atoms with Crippen molar-refractivity contribution in [3.05, 3.63) is 107 Å². The molecular weight excluding hydrogens is 599 g/mol. The third-order valence-corrected chi connectivity index (χ3v) is 9.47. The quantitative estimate of drug-likeness (QED) is 0.0634. The maximum Gasteiger partial charge on any atom is 0.301 e. The number of anilines is 1. The molecule has 0 aliphatic carbocycles. The standard InChI is InChI=1S/C33H27N3O6S2/c1-40-23-14-11-20(12-15-23)28-27(29(37)21-13-16-25(41-2)26(17-21)42-3)30(38)31(39)36(28)32-34-35-33(44-32)43-18-22-9-6-8-19-7-4-5-10-24(19)22/h4-17,28,37H,18H2,1-3H3/b29-27-. The normalized spacial score (nSPS) is 16.0. The van der Waals surface area contributed by atoms with E-state index in [2.05, 4.69) is 34.5 Å². The van der Waals surface area contributed by atoms with E-state index in [1.165, 1.54) is 42.2 Å². The van der Waals surface area contributed by atoms with E-state index < -0.39 is 17.7 Å². The Morgan fingerprint density at radius 2 is 1.64 bits per heavy atom. The highest BCUT2D eigenvalue weighted by Crippen LogP contribution is 2.45. The summed E-state index contributed by atoms with van der Waals surface area (Å²) in [5.74, 6) is 0.0854. The molecule has 44 heavy (non-hydrogen) atoms. The lowest BCUT2D eigenvalue weighted by molar-refractivity contribution is -0.132. The number of aromatic nitrogens is 2. The highest BCUT2D eigenvalue weighted by Gasteiger charge is 2.48. The van der Waals surface area contributed by atoms with Crippen LogP contribution in [0.25, 0.3) is 16.5 Å². The number of aliphatic hydroxyl groups is 1. The van der Waals surface area contributed by atoms with Gasteiger partial charge in [-0.2, -0.15) is 0 Å². The Morgan fingerprint density at radius 3 is 2.39 bits per heavy atom. The van der Waals surface area contributed by atoms with Crippen LogP contribution in [0.4, 0.5) is 5.13 Å². The minimum Gasteiger partial charge on any atom is -0.507 e. The van der Waals surface area contributed by atoms with Gasteiger partial charge in [0.25, 0.3) is 5.78 Å². The largest absolute Gasteiger partial charge is 0.507 e. The average Bonchev–Trinajstić information content (AvgIpc) is 3.64. The summed E-state index contributed by atoms with van der Waals surface area (Å²) in [5.41, 5.74) is 1.96. The number of fused-ring (bicyclic) bond motifs is 1. The van der Waals surface area contributed by atoms with Gasteiger partial charge in [0.1, 0.15) is 11.5 Å². The molecule has 5 aromatic rings. The summed E-state index contributed by atoms with van der Waals surface area (Å²) >= 11 is 2.72. The molecule has 2 heterocycles. The van der Waals surface area contributed by atoms with Crippen molar-refractivity contribution in [3.63, 3.8) is 0 Å². The van der Waals surface area contributed by atoms with E-state index in [1.807, 2.05) is 18.2 Å². The van der Waals surface area contributed by atoms with Crippen LogP contribution in [0.5, 0.6) is 17.2 Å². The SMILES string of the molecule is COc1ccc(C2/C(=C(/O)c3ccc(OC)c(OC)c3)C(=O)C(=O)N2c2nnc(SCc3cccc4ccccc34)s2)cc1. The number of rotatable bonds is 9. The lowest BCUT2D eigenvalue weighted by Gasteiger charge is -2.22. The Hall–Kier alpha value is -4.87. The first-order valence-electron chi connectivity index (χ1n) is 13.5. The molecule has 1 aromatic heterocycles. The van der Waals surface area contributed by atoms with Crippen molar-refractivity contribution in [1.82, 2.24) is 10.2 Å². The van der Waals surface area contributed by atoms with Crippen LogP contribution in [0.3, 0.4) is 0 Å². The Morgan fingerprint density at radius 1 is 0.886 bits per heavy atom. The third kappa shape index (κ3) is 5.36. The maximum atomic E-state index is 13.6. The Bertz CT molecular complexity index is 1900. The number of thioether (sulfide) groups is 1. The van der Waals surface area contributed by atoms with Gasteiger partial charge in [0.15, 0.2) is 15.8 Å². The maximum absolute atomic E-state index is 13.6. The summed E-state index contributed by atoms with van der Waals surface area (Å²) in [7, 11) is 4.53. The molecule has 1 N–H and O–H groups in total. The summed E-state index contributed by atoms with van der Waals surface area (Å²) in [6, 6.07) is 25.1. The van der Waals surface area contributed by atoms with Crippen molar-refractivity contribution < 1.29 is 28.9 Å². The number of methoxy groups -OCH3 is 3. The van der Waals surface area contributed by atoms with Gasteiger partial charge in [-0.05, 0) is 52.2 Å². The molecule has 1 fully saturated rings. The highest BCUT2D eigenvalue weighted by atomic mass is 32.2. The van der Waals surface area contributed by atoms with Crippen molar-refractivity contribution in [2.24, 2.45) is 0 Å². The molecule has 1 saturated heterocycles. The minimum absolute atomic E-state index is 0.0763. The van der Waals surface area contributed by atoms with Gasteiger partial charge < -0.3 is 19.3 Å². The molecule has 1 unspecified atom stereocenters. The summed E-state index contributed by atoms with van der Waals surface area (Å²) in [6.45, 7) is 0. The first-order valence-corrected chi connectivity index (χ1v) is 15.3. The van der Waals surface area contributed by atoms with E-state index in [-0.39, 0.29) is 16.5 Å². The van der Waals surface area contributed by atoms with Crippen molar-refractivity contribution in [2.45, 2.75) is 16.1 Å². The van der Waals surface area contributed by atoms with Gasteiger partial charge in [-0.3, -0.25) is 14.5 Å². The van der Waals surface area contributed by atoms with Crippen molar-refractivity contribution >= 4 is 56.5 Å². The summed E-state index contributed by atoms with van der Waals surface area (Å²) < 4.78 is 16.7. The number of hydrogen-bond acceptors (Lipinski definition) is 10. The van der Waals surface area contributed by atoms with Gasteiger partial charge >= 0.3 is 5.91 Å². The van der Waals surface area contributed by atoms with E-state index in [0.717, 1.165) is 16.3 Å². The molecule has 1 amide bonds. The number of benzene rings is 4. The molecule has 0 radical (unpaired) electrons. The van der Waals surface area contributed by atoms with Gasteiger partial charge in [0, 0.05) is 11.3 Å². The van der Waals surface area contributed by atoms with Crippen LogP contribution in [0.2, 0.25) is 0 Å². The molecule has 9 nitrogen and oxygen atoms in total. The second-order valence-electron chi connectivity index (χ2n) is 9.79. The van der Waals surface area contributed by atoms with Gasteiger partial charge in [-0.25, -0.2) is 0 Å². The predicted octanol–water partition coefficient (Wildman–Crippen LogP) is 6.64. The highest BCUT2D eigenvalue weighted by molar-refractivity contribution is 8.00. The Balaban J connectivity index is 1.38. The van der Waals surface area contributed by atoms with E-state index in [0.29, 0.717) is 38.5 Å². The van der Waals surface area contributed by atoms with Gasteiger partial charge in [0.05, 0.1) is 32.9 Å². The van der Waals surface area contributed by atoms with Crippen LogP contribution in [-0.2, 0) is 15.3 Å². The number of aliphatic hydroxyl groups excluding tert-OH is 1. The second-order valence-corrected chi connectivity index (χ2v) is 12.0. The third-order valence-electron chi connectivity index (χ3n) is 7.37. The van der Waals surface area contributed by atoms with Crippen LogP contribution in [0.15, 0.2) is 94.8 Å². The van der Waals surface area contributed by atoms with Crippen LogP contribution < -0.4 is 19.1 Å². The van der Waals surface area contributed by atoms with E-state index in [9.17, 15) is 14.7 Å². The number of amides is 1. The Labute approximate surface area is 261 Å². The average molecular weight is 626 g/mol. The van der Waals surface area contributed by atoms with Crippen LogP contribution in [0.1, 0.15) is 22.7 Å². The molecule has 1 aliphatic rings. The lowest BCUT2D eigenvalue weighted by atomic mass is 9.95. The molecule has 11 heteroatoms. The van der Waals surface area contributed by atoms with Gasteiger partial charge in [-0.1, -0.05) is 77.7 Å². The molecule has 4 aromatic carbocycles. The fourth-order valence-electron chi connectivity index (χ4n) is 5.19. The number of hydrogen-bond donors (Lipinski definition) is 1. The first-order chi connectivity index (χ1) is 21.4. The van der Waals surface area contributed by atoms with E-state index >= 15 is 0 Å². The van der Waals surface area contributed by atoms with Crippen molar-refractivity contribution in [3.8, 4) is 17.2 Å². The summed E-state index contributed by atoms with van der Waals surface area (Å²) in [4.78, 5) is 28.5. The molecule has 1 aliphatic heterocycles. The number of carbonyl (C=O) groups excluding carboxylic acids is 2. The molecule has 222 valence electrons.